The summed E-state index contributed by atoms with van der Waals surface area (Å²) in [5.74, 6) is -0.444. The van der Waals surface area contributed by atoms with Gasteiger partial charge in [-0.05, 0) is 49.2 Å². The number of fused-ring (bicyclic) bond motifs is 3. The van der Waals surface area contributed by atoms with E-state index in [2.05, 4.69) is 10.3 Å². The van der Waals surface area contributed by atoms with Gasteiger partial charge in [-0.15, -0.1) is 0 Å². The molecule has 5 rings (SSSR count). The molecular weight excluding hydrogens is 365 g/mol. The molecule has 2 aromatic carbocycles. The summed E-state index contributed by atoms with van der Waals surface area (Å²) in [5.41, 5.74) is 3.67. The second-order valence-electron chi connectivity index (χ2n) is 7.76. The van der Waals surface area contributed by atoms with E-state index in [-0.39, 0.29) is 17.8 Å². The van der Waals surface area contributed by atoms with E-state index in [1.54, 1.807) is 12.1 Å². The number of carbonyl (C=O) groups excluding carboxylic acids is 1. The summed E-state index contributed by atoms with van der Waals surface area (Å²) >= 11 is 0. The van der Waals surface area contributed by atoms with Gasteiger partial charge < -0.3 is 10.3 Å². The van der Waals surface area contributed by atoms with Gasteiger partial charge in [0, 0.05) is 27.9 Å². The molecule has 0 radical (unpaired) electrons. The molecule has 5 heteroatoms. The van der Waals surface area contributed by atoms with Gasteiger partial charge in [-0.3, -0.25) is 4.79 Å². The van der Waals surface area contributed by atoms with E-state index in [0.717, 1.165) is 53.1 Å². The zero-order chi connectivity index (χ0) is 19.8. The summed E-state index contributed by atoms with van der Waals surface area (Å²) in [6.45, 7) is 0. The summed E-state index contributed by atoms with van der Waals surface area (Å²) in [6, 6.07) is 16.3. The number of hydrogen-bond donors (Lipinski definition) is 2. The molecule has 2 N–H and O–H groups in total. The first-order valence-corrected chi connectivity index (χ1v) is 10.2. The van der Waals surface area contributed by atoms with Gasteiger partial charge in [0.05, 0.1) is 11.2 Å². The largest absolute Gasteiger partial charge is 0.353 e. The van der Waals surface area contributed by atoms with Crippen LogP contribution in [0.25, 0.3) is 33.1 Å². The maximum Gasteiger partial charge on any atom is 0.270 e. The molecule has 4 aromatic rings. The number of para-hydroxylation sites is 1. The van der Waals surface area contributed by atoms with Crippen molar-refractivity contribution in [3.63, 3.8) is 0 Å². The van der Waals surface area contributed by atoms with E-state index in [0.29, 0.717) is 11.4 Å². The maximum absolute atomic E-state index is 13.5. The van der Waals surface area contributed by atoms with Crippen molar-refractivity contribution in [1.29, 1.82) is 0 Å². The van der Waals surface area contributed by atoms with Crippen LogP contribution in [0, 0.1) is 5.82 Å². The van der Waals surface area contributed by atoms with Crippen LogP contribution in [-0.2, 0) is 0 Å². The van der Waals surface area contributed by atoms with Crippen LogP contribution in [0.2, 0.25) is 0 Å². The van der Waals surface area contributed by atoms with Gasteiger partial charge in [0.2, 0.25) is 0 Å². The quantitative estimate of drug-likeness (QED) is 0.482. The molecule has 0 saturated heterocycles. The van der Waals surface area contributed by atoms with Gasteiger partial charge in [0.25, 0.3) is 5.91 Å². The SMILES string of the molecule is O=C(NC1CCCCC1)c1cc2c([nH]c3ccccc32)c(-c2ccc(F)cc2)n1. The van der Waals surface area contributed by atoms with Crippen molar-refractivity contribution in [2.24, 2.45) is 0 Å². The average molecular weight is 387 g/mol. The highest BCUT2D eigenvalue weighted by Gasteiger charge is 2.20. The molecule has 1 amide bonds. The molecule has 0 atom stereocenters. The van der Waals surface area contributed by atoms with E-state index in [1.165, 1.54) is 18.6 Å². The molecule has 2 heterocycles. The highest BCUT2D eigenvalue weighted by molar-refractivity contribution is 6.13. The van der Waals surface area contributed by atoms with E-state index in [1.807, 2.05) is 30.3 Å². The molecule has 29 heavy (non-hydrogen) atoms. The first-order chi connectivity index (χ1) is 14.2. The molecule has 0 unspecified atom stereocenters. The summed E-state index contributed by atoms with van der Waals surface area (Å²) in [5, 5.41) is 5.15. The Kier molecular flexibility index (Phi) is 4.51. The fourth-order valence-electron chi connectivity index (χ4n) is 4.28. The number of rotatable bonds is 3. The molecule has 146 valence electrons. The molecule has 0 bridgehead atoms. The number of benzene rings is 2. The first-order valence-electron chi connectivity index (χ1n) is 10.2. The molecule has 1 fully saturated rings. The van der Waals surface area contributed by atoms with Gasteiger partial charge in [0.15, 0.2) is 0 Å². The third-order valence-corrected chi connectivity index (χ3v) is 5.79. The van der Waals surface area contributed by atoms with Crippen LogP contribution in [0.5, 0.6) is 0 Å². The highest BCUT2D eigenvalue weighted by Crippen LogP contribution is 2.33. The number of nitrogens with zero attached hydrogens (tertiary/aromatic N) is 1. The van der Waals surface area contributed by atoms with Gasteiger partial charge >= 0.3 is 0 Å². The number of pyridine rings is 1. The molecule has 1 aliphatic rings. The number of amides is 1. The van der Waals surface area contributed by atoms with Gasteiger partial charge in [-0.1, -0.05) is 37.5 Å². The van der Waals surface area contributed by atoms with Crippen molar-refractivity contribution in [3.8, 4) is 11.3 Å². The average Bonchev–Trinajstić information content (AvgIpc) is 3.13. The Bertz CT molecular complexity index is 1190. The number of nitrogens with one attached hydrogen (secondary N) is 2. The van der Waals surface area contributed by atoms with Gasteiger partial charge in [-0.2, -0.15) is 0 Å². The lowest BCUT2D eigenvalue weighted by molar-refractivity contribution is 0.0923. The summed E-state index contributed by atoms with van der Waals surface area (Å²) in [6.07, 6.45) is 5.58. The zero-order valence-electron chi connectivity index (χ0n) is 16.0. The Hall–Kier alpha value is -3.21. The van der Waals surface area contributed by atoms with Crippen LogP contribution in [0.3, 0.4) is 0 Å². The van der Waals surface area contributed by atoms with Crippen LogP contribution in [0.4, 0.5) is 4.39 Å². The minimum Gasteiger partial charge on any atom is -0.353 e. The maximum atomic E-state index is 13.5. The molecular formula is C24H22FN3O. The Morgan fingerprint density at radius 1 is 1.00 bits per heavy atom. The van der Waals surface area contributed by atoms with Crippen molar-refractivity contribution < 1.29 is 9.18 Å². The summed E-state index contributed by atoms with van der Waals surface area (Å²) in [7, 11) is 0. The van der Waals surface area contributed by atoms with E-state index < -0.39 is 0 Å². The molecule has 1 saturated carbocycles. The van der Waals surface area contributed by atoms with Gasteiger partial charge in [0.1, 0.15) is 11.5 Å². The van der Waals surface area contributed by atoms with Crippen LogP contribution in [0.1, 0.15) is 42.6 Å². The van der Waals surface area contributed by atoms with Crippen molar-refractivity contribution in [3.05, 3.63) is 66.1 Å². The molecule has 2 aromatic heterocycles. The minimum atomic E-state index is -0.298. The predicted octanol–water partition coefficient (Wildman–Crippen LogP) is 5.58. The predicted molar refractivity (Wildman–Crippen MR) is 113 cm³/mol. The number of H-pyrrole nitrogens is 1. The first kappa shape index (κ1) is 17.9. The van der Waals surface area contributed by atoms with Gasteiger partial charge in [-0.25, -0.2) is 9.37 Å². The lowest BCUT2D eigenvalue weighted by Crippen LogP contribution is -2.36. The van der Waals surface area contributed by atoms with Crippen LogP contribution in [-0.4, -0.2) is 21.9 Å². The third-order valence-electron chi connectivity index (χ3n) is 5.79. The molecule has 0 spiro atoms. The number of hydrogen-bond acceptors (Lipinski definition) is 2. The van der Waals surface area contributed by atoms with E-state index >= 15 is 0 Å². The lowest BCUT2D eigenvalue weighted by atomic mass is 9.95. The minimum absolute atomic E-state index is 0.146. The molecule has 1 aliphatic carbocycles. The molecule has 0 aliphatic heterocycles. The Labute approximate surface area is 168 Å². The number of aromatic nitrogens is 2. The second-order valence-corrected chi connectivity index (χ2v) is 7.76. The summed E-state index contributed by atoms with van der Waals surface area (Å²) < 4.78 is 13.5. The third kappa shape index (κ3) is 3.37. The summed E-state index contributed by atoms with van der Waals surface area (Å²) in [4.78, 5) is 21.1. The highest BCUT2D eigenvalue weighted by atomic mass is 19.1. The van der Waals surface area contributed by atoms with E-state index in [9.17, 15) is 9.18 Å². The van der Waals surface area contributed by atoms with E-state index in [4.69, 9.17) is 4.98 Å². The van der Waals surface area contributed by atoms with Crippen molar-refractivity contribution in [2.45, 2.75) is 38.1 Å². The monoisotopic (exact) mass is 387 g/mol. The molecule has 4 nitrogen and oxygen atoms in total. The lowest BCUT2D eigenvalue weighted by Gasteiger charge is -2.22. The fraction of sp³-hybridized carbons (Fsp3) is 0.250. The number of carbonyl (C=O) groups is 1. The standard InChI is InChI=1S/C24H22FN3O/c25-16-12-10-15(11-13-16)22-23-19(18-8-4-5-9-20(18)27-23)14-21(28-22)24(29)26-17-6-2-1-3-7-17/h4-5,8-14,17,27H,1-3,6-7H2,(H,26,29). The Balaban J connectivity index is 1.65. The van der Waals surface area contributed by atoms with Crippen molar-refractivity contribution in [2.75, 3.05) is 0 Å². The van der Waals surface area contributed by atoms with Crippen LogP contribution < -0.4 is 5.32 Å². The van der Waals surface area contributed by atoms with Crippen molar-refractivity contribution in [1.82, 2.24) is 15.3 Å². The topological polar surface area (TPSA) is 57.8 Å². The number of aromatic amines is 1. The Morgan fingerprint density at radius 2 is 1.76 bits per heavy atom. The second kappa shape index (κ2) is 7.32. The van der Waals surface area contributed by atoms with Crippen molar-refractivity contribution >= 4 is 27.7 Å². The zero-order valence-corrected chi connectivity index (χ0v) is 16.0. The smallest absolute Gasteiger partial charge is 0.270 e. The van der Waals surface area contributed by atoms with Crippen LogP contribution >= 0.6 is 0 Å². The number of halogens is 1. The fourth-order valence-corrected chi connectivity index (χ4v) is 4.28. The van der Waals surface area contributed by atoms with Crippen LogP contribution in [0.15, 0.2) is 54.6 Å². The Morgan fingerprint density at radius 3 is 2.55 bits per heavy atom. The normalized spacial score (nSPS) is 15.1.